The molecule has 0 spiro atoms. The molecule has 2 aromatic heterocycles. The van der Waals surface area contributed by atoms with E-state index in [0.717, 1.165) is 10.1 Å². The molecule has 0 saturated carbocycles. The van der Waals surface area contributed by atoms with E-state index in [-0.39, 0.29) is 41.4 Å². The van der Waals surface area contributed by atoms with Gasteiger partial charge in [0.1, 0.15) is 6.54 Å². The van der Waals surface area contributed by atoms with Crippen LogP contribution in [0.4, 0.5) is 0 Å². The van der Waals surface area contributed by atoms with Crippen LogP contribution in [0.1, 0.15) is 46.6 Å². The topological polar surface area (TPSA) is 120 Å². The van der Waals surface area contributed by atoms with Crippen molar-refractivity contribution in [1.29, 1.82) is 0 Å². The molecule has 10 nitrogen and oxygen atoms in total. The molecule has 182 valence electrons. The van der Waals surface area contributed by atoms with Crippen molar-refractivity contribution >= 4 is 23.0 Å². The van der Waals surface area contributed by atoms with Crippen LogP contribution in [0.15, 0.2) is 46.2 Å². The van der Waals surface area contributed by atoms with Crippen LogP contribution in [-0.2, 0) is 29.2 Å². The fourth-order valence-electron chi connectivity index (χ4n) is 3.67. The summed E-state index contributed by atoms with van der Waals surface area (Å²) >= 11 is 0. The fraction of sp³-hybridized carbons (Fsp3) is 0.458. The van der Waals surface area contributed by atoms with Crippen LogP contribution in [0.2, 0.25) is 0 Å². The van der Waals surface area contributed by atoms with E-state index in [2.05, 4.69) is 15.8 Å². The lowest BCUT2D eigenvalue weighted by atomic mass is 9.92. The number of hydrazine groups is 1. The Bertz CT molecular complexity index is 1300. The van der Waals surface area contributed by atoms with Crippen LogP contribution in [0, 0.1) is 11.3 Å². The van der Waals surface area contributed by atoms with Crippen molar-refractivity contribution in [2.24, 2.45) is 11.3 Å². The Morgan fingerprint density at radius 2 is 1.65 bits per heavy atom. The Morgan fingerprint density at radius 3 is 2.26 bits per heavy atom. The van der Waals surface area contributed by atoms with Gasteiger partial charge in [-0.1, -0.05) is 65.0 Å². The third-order valence-electron chi connectivity index (χ3n) is 5.06. The molecule has 3 rings (SSSR count). The Hall–Kier alpha value is -3.69. The van der Waals surface area contributed by atoms with Gasteiger partial charge in [0, 0.05) is 13.0 Å². The molecule has 2 heterocycles. The molecule has 3 aromatic rings. The van der Waals surface area contributed by atoms with E-state index in [4.69, 9.17) is 0 Å². The minimum atomic E-state index is -0.679. The third kappa shape index (κ3) is 6.00. The first-order chi connectivity index (χ1) is 16.0. The molecule has 0 bridgehead atoms. The molecule has 0 unspecified atom stereocenters. The molecule has 2 N–H and O–H groups in total. The number of carbonyl (C=O) groups excluding carboxylic acids is 2. The van der Waals surface area contributed by atoms with Gasteiger partial charge < -0.3 is 4.57 Å². The number of nitrogens with one attached hydrogen (secondary N) is 2. The van der Waals surface area contributed by atoms with Gasteiger partial charge in [-0.2, -0.15) is 0 Å². The molecule has 0 saturated heterocycles. The van der Waals surface area contributed by atoms with Crippen LogP contribution in [0.25, 0.3) is 11.2 Å². The maximum atomic E-state index is 13.3. The SMILES string of the molecule is CC(C)Cn1cnc2c1c(=O)n(CC(=O)NNC(=O)CC(C)(C)C)c(=O)n2Cc1ccccc1. The number of nitrogens with zero attached hydrogens (tertiary/aromatic N) is 4. The normalized spacial score (nSPS) is 11.7. The molecule has 10 heteroatoms. The average Bonchev–Trinajstić information content (AvgIpc) is 3.15. The molecule has 0 aliphatic carbocycles. The van der Waals surface area contributed by atoms with Gasteiger partial charge in [0.25, 0.3) is 11.5 Å². The van der Waals surface area contributed by atoms with Crippen LogP contribution < -0.4 is 22.1 Å². The number of hydrogen-bond donors (Lipinski definition) is 2. The molecule has 0 radical (unpaired) electrons. The molecule has 0 fully saturated rings. The summed E-state index contributed by atoms with van der Waals surface area (Å²) in [4.78, 5) is 55.5. The van der Waals surface area contributed by atoms with E-state index in [1.54, 1.807) is 10.9 Å². The lowest BCUT2D eigenvalue weighted by Gasteiger charge is -2.17. The van der Waals surface area contributed by atoms with Crippen molar-refractivity contribution in [2.75, 3.05) is 0 Å². The first kappa shape index (κ1) is 24.9. The molecule has 0 atom stereocenters. The summed E-state index contributed by atoms with van der Waals surface area (Å²) in [5.74, 6) is -0.803. The maximum Gasteiger partial charge on any atom is 0.333 e. The van der Waals surface area contributed by atoms with Gasteiger partial charge in [0.15, 0.2) is 11.2 Å². The molecule has 0 aliphatic heterocycles. The van der Waals surface area contributed by atoms with Crippen LogP contribution >= 0.6 is 0 Å². The first-order valence-electron chi connectivity index (χ1n) is 11.3. The number of carbonyl (C=O) groups is 2. The molecule has 1 aromatic carbocycles. The summed E-state index contributed by atoms with van der Waals surface area (Å²) in [6.07, 6.45) is 1.75. The molecule has 34 heavy (non-hydrogen) atoms. The van der Waals surface area contributed by atoms with Crippen LogP contribution in [0.3, 0.4) is 0 Å². The van der Waals surface area contributed by atoms with Crippen LogP contribution in [0.5, 0.6) is 0 Å². The third-order valence-corrected chi connectivity index (χ3v) is 5.06. The number of fused-ring (bicyclic) bond motifs is 1. The van der Waals surface area contributed by atoms with Gasteiger partial charge in [-0.05, 0) is 16.9 Å². The number of rotatable bonds is 7. The lowest BCUT2D eigenvalue weighted by molar-refractivity contribution is -0.130. The van der Waals surface area contributed by atoms with Gasteiger partial charge in [-0.15, -0.1) is 0 Å². The lowest BCUT2D eigenvalue weighted by Crippen LogP contribution is -2.48. The second-order valence-corrected chi connectivity index (χ2v) is 10.0. The Kier molecular flexibility index (Phi) is 7.38. The summed E-state index contributed by atoms with van der Waals surface area (Å²) in [5, 5.41) is 0. The van der Waals surface area contributed by atoms with Gasteiger partial charge in [-0.25, -0.2) is 14.3 Å². The number of amides is 2. The van der Waals surface area contributed by atoms with Crippen molar-refractivity contribution in [3.8, 4) is 0 Å². The van der Waals surface area contributed by atoms with Crippen molar-refractivity contribution < 1.29 is 9.59 Å². The zero-order valence-electron chi connectivity index (χ0n) is 20.3. The highest BCUT2D eigenvalue weighted by Crippen LogP contribution is 2.17. The highest BCUT2D eigenvalue weighted by molar-refractivity contribution is 5.82. The number of hydrogen-bond acceptors (Lipinski definition) is 5. The molecule has 2 amide bonds. The molecule has 0 aliphatic rings. The molecular formula is C24H32N6O4. The standard InChI is InChI=1S/C24H32N6O4/c1-16(2)12-28-15-25-21-20(28)22(33)30(14-19(32)27-26-18(31)11-24(3,4)5)23(34)29(21)13-17-9-7-6-8-10-17/h6-10,15-16H,11-14H2,1-5H3,(H,26,31)(H,27,32). The summed E-state index contributed by atoms with van der Waals surface area (Å²) in [5.41, 5.74) is 4.53. The van der Waals surface area contributed by atoms with Gasteiger partial charge in [0.05, 0.1) is 12.9 Å². The van der Waals surface area contributed by atoms with Gasteiger partial charge in [-0.3, -0.25) is 29.8 Å². The largest absolute Gasteiger partial charge is 0.333 e. The number of aromatic nitrogens is 4. The minimum Gasteiger partial charge on any atom is -0.324 e. The monoisotopic (exact) mass is 468 g/mol. The van der Waals surface area contributed by atoms with E-state index in [1.165, 1.54) is 4.57 Å². The van der Waals surface area contributed by atoms with E-state index in [1.807, 2.05) is 65.0 Å². The Balaban J connectivity index is 1.98. The molecular weight excluding hydrogens is 436 g/mol. The van der Waals surface area contributed by atoms with Crippen molar-refractivity contribution in [3.05, 3.63) is 63.1 Å². The van der Waals surface area contributed by atoms with Crippen molar-refractivity contribution in [1.82, 2.24) is 29.5 Å². The number of benzene rings is 1. The quantitative estimate of drug-likeness (QED) is 0.511. The first-order valence-corrected chi connectivity index (χ1v) is 11.3. The predicted octanol–water partition coefficient (Wildman–Crippen LogP) is 1.65. The summed E-state index contributed by atoms with van der Waals surface area (Å²) in [7, 11) is 0. The number of imidazole rings is 1. The van der Waals surface area contributed by atoms with E-state index in [0.29, 0.717) is 6.54 Å². The highest BCUT2D eigenvalue weighted by Gasteiger charge is 2.21. The average molecular weight is 469 g/mol. The van der Waals surface area contributed by atoms with E-state index >= 15 is 0 Å². The minimum absolute atomic E-state index is 0.194. The second-order valence-electron chi connectivity index (χ2n) is 10.0. The summed E-state index contributed by atoms with van der Waals surface area (Å²) in [6, 6.07) is 9.34. The Labute approximate surface area is 197 Å². The zero-order valence-corrected chi connectivity index (χ0v) is 20.3. The van der Waals surface area contributed by atoms with E-state index < -0.39 is 23.7 Å². The second kappa shape index (κ2) is 10.1. The summed E-state index contributed by atoms with van der Waals surface area (Å²) in [6.45, 7) is 9.92. The van der Waals surface area contributed by atoms with Gasteiger partial charge in [0.2, 0.25) is 5.91 Å². The highest BCUT2D eigenvalue weighted by atomic mass is 16.2. The Morgan fingerprint density at radius 1 is 1.00 bits per heavy atom. The van der Waals surface area contributed by atoms with Crippen molar-refractivity contribution in [2.45, 2.75) is 60.7 Å². The zero-order chi connectivity index (χ0) is 25.0. The maximum absolute atomic E-state index is 13.3. The van der Waals surface area contributed by atoms with Crippen LogP contribution in [-0.4, -0.2) is 30.5 Å². The van der Waals surface area contributed by atoms with Crippen molar-refractivity contribution in [3.63, 3.8) is 0 Å². The smallest absolute Gasteiger partial charge is 0.324 e. The summed E-state index contributed by atoms with van der Waals surface area (Å²) < 4.78 is 3.99. The fourth-order valence-corrected chi connectivity index (χ4v) is 3.67. The predicted molar refractivity (Wildman–Crippen MR) is 129 cm³/mol. The van der Waals surface area contributed by atoms with E-state index in [9.17, 15) is 19.2 Å². The van der Waals surface area contributed by atoms with Gasteiger partial charge >= 0.3 is 5.69 Å².